The molecule has 21 heavy (non-hydrogen) atoms. The molecule has 0 aromatic carbocycles. The minimum atomic E-state index is -0.0848. The largest absolute Gasteiger partial charge is 0.381 e. The van der Waals surface area contributed by atoms with Crippen molar-refractivity contribution in [2.45, 2.75) is 31.8 Å². The lowest BCUT2D eigenvalue weighted by Crippen LogP contribution is -2.39. The van der Waals surface area contributed by atoms with Crippen molar-refractivity contribution in [3.05, 3.63) is 21.0 Å². The predicted molar refractivity (Wildman–Crippen MR) is 88.9 cm³/mol. The first kappa shape index (κ1) is 16.5. The maximum absolute atomic E-state index is 12.2. The van der Waals surface area contributed by atoms with Gasteiger partial charge in [0, 0.05) is 19.1 Å². The zero-order chi connectivity index (χ0) is 15.2. The lowest BCUT2D eigenvalue weighted by atomic mass is 10.1. The molecular weight excluding hydrogens is 334 g/mol. The highest BCUT2D eigenvalue weighted by atomic mass is 79.9. The van der Waals surface area contributed by atoms with Crippen LogP contribution in [-0.4, -0.2) is 54.5 Å². The summed E-state index contributed by atoms with van der Waals surface area (Å²) in [5, 5.41) is 11.0. The number of likely N-dealkylation sites (N-methyl/N-ethyl adjacent to an activating group) is 1. The second kappa shape index (κ2) is 7.91. The van der Waals surface area contributed by atoms with Crippen molar-refractivity contribution in [3.63, 3.8) is 0 Å². The highest BCUT2D eigenvalue weighted by Crippen LogP contribution is 2.17. The Balaban J connectivity index is 1.97. The molecule has 1 atom stereocenters. The van der Waals surface area contributed by atoms with Gasteiger partial charge in [0.05, 0.1) is 18.4 Å². The molecule has 0 amide bonds. The quantitative estimate of drug-likeness (QED) is 0.798. The molecule has 1 aromatic rings. The zero-order valence-corrected chi connectivity index (χ0v) is 14.3. The van der Waals surface area contributed by atoms with Gasteiger partial charge in [-0.3, -0.25) is 4.79 Å². The minimum Gasteiger partial charge on any atom is -0.381 e. The maximum Gasteiger partial charge on any atom is 0.283 e. The fourth-order valence-electron chi connectivity index (χ4n) is 2.37. The highest BCUT2D eigenvalue weighted by molar-refractivity contribution is 9.10. The van der Waals surface area contributed by atoms with Gasteiger partial charge in [0.2, 0.25) is 0 Å². The van der Waals surface area contributed by atoms with E-state index in [1.54, 1.807) is 6.20 Å². The van der Waals surface area contributed by atoms with Crippen LogP contribution in [0.1, 0.15) is 19.3 Å². The van der Waals surface area contributed by atoms with E-state index in [9.17, 15) is 4.79 Å². The predicted octanol–water partition coefficient (Wildman–Crippen LogP) is 1.12. The lowest BCUT2D eigenvalue weighted by Gasteiger charge is -2.24. The molecule has 0 spiro atoms. The number of aromatic nitrogens is 2. The number of anilines is 1. The molecule has 1 saturated heterocycles. The fraction of sp³-hybridized carbons (Fsp3) is 0.714. The van der Waals surface area contributed by atoms with Crippen LogP contribution < -0.4 is 16.2 Å². The standard InChI is InChI=1S/C14H24BrN5O/c1-19(2)7-8-20-14(21)13(15)12(10-18-20)17-9-11-5-3-4-6-16-11/h10-11,16-17H,3-9H2,1-2H3. The van der Waals surface area contributed by atoms with E-state index in [-0.39, 0.29) is 5.56 Å². The third-order valence-corrected chi connectivity index (χ3v) is 4.46. The first-order chi connectivity index (χ1) is 10.1. The number of hydrogen-bond acceptors (Lipinski definition) is 5. The average Bonchev–Trinajstić information content (AvgIpc) is 2.48. The van der Waals surface area contributed by atoms with Gasteiger partial charge < -0.3 is 15.5 Å². The van der Waals surface area contributed by atoms with Crippen LogP contribution >= 0.6 is 15.9 Å². The Morgan fingerprint density at radius 1 is 1.52 bits per heavy atom. The topological polar surface area (TPSA) is 62.2 Å². The Morgan fingerprint density at radius 3 is 3.00 bits per heavy atom. The van der Waals surface area contributed by atoms with Crippen LogP contribution in [0.5, 0.6) is 0 Å². The molecule has 1 unspecified atom stereocenters. The molecule has 1 aromatic heterocycles. The van der Waals surface area contributed by atoms with Gasteiger partial charge in [-0.05, 0) is 49.4 Å². The van der Waals surface area contributed by atoms with E-state index in [4.69, 9.17) is 0 Å². The van der Waals surface area contributed by atoms with Gasteiger partial charge in [-0.15, -0.1) is 0 Å². The van der Waals surface area contributed by atoms with Gasteiger partial charge in [-0.25, -0.2) is 4.68 Å². The number of piperidine rings is 1. The van der Waals surface area contributed by atoms with Crippen molar-refractivity contribution in [3.8, 4) is 0 Å². The van der Waals surface area contributed by atoms with Gasteiger partial charge in [-0.2, -0.15) is 5.10 Å². The molecule has 0 saturated carbocycles. The van der Waals surface area contributed by atoms with Gasteiger partial charge in [0.25, 0.3) is 5.56 Å². The summed E-state index contributed by atoms with van der Waals surface area (Å²) in [7, 11) is 3.96. The summed E-state index contributed by atoms with van der Waals surface area (Å²) < 4.78 is 2.06. The first-order valence-corrected chi connectivity index (χ1v) is 8.25. The van der Waals surface area contributed by atoms with Crippen LogP contribution in [0.2, 0.25) is 0 Å². The van der Waals surface area contributed by atoms with Crippen molar-refractivity contribution in [1.82, 2.24) is 20.0 Å². The number of rotatable bonds is 6. The summed E-state index contributed by atoms with van der Waals surface area (Å²) in [4.78, 5) is 14.3. The highest BCUT2D eigenvalue weighted by Gasteiger charge is 2.14. The van der Waals surface area contributed by atoms with Crippen LogP contribution in [0.3, 0.4) is 0 Å². The molecule has 118 valence electrons. The third kappa shape index (κ3) is 4.79. The smallest absolute Gasteiger partial charge is 0.283 e. The summed E-state index contributed by atoms with van der Waals surface area (Å²) in [5.74, 6) is 0. The Morgan fingerprint density at radius 2 is 2.33 bits per heavy atom. The third-order valence-electron chi connectivity index (χ3n) is 3.70. The maximum atomic E-state index is 12.2. The molecule has 6 nitrogen and oxygen atoms in total. The SMILES string of the molecule is CN(C)CCn1ncc(NCC2CCCCN2)c(Br)c1=O. The zero-order valence-electron chi connectivity index (χ0n) is 12.7. The van der Waals surface area contributed by atoms with Gasteiger partial charge >= 0.3 is 0 Å². The van der Waals surface area contributed by atoms with Crippen molar-refractivity contribution in [1.29, 1.82) is 0 Å². The molecule has 2 rings (SSSR count). The lowest BCUT2D eigenvalue weighted by molar-refractivity contribution is 0.367. The van der Waals surface area contributed by atoms with Crippen molar-refractivity contribution >= 4 is 21.6 Å². The molecule has 2 heterocycles. The fourth-order valence-corrected chi connectivity index (χ4v) is 2.82. The van der Waals surface area contributed by atoms with Crippen LogP contribution in [-0.2, 0) is 6.54 Å². The van der Waals surface area contributed by atoms with Crippen molar-refractivity contribution in [2.75, 3.05) is 39.0 Å². The number of nitrogens with zero attached hydrogens (tertiary/aromatic N) is 3. The summed E-state index contributed by atoms with van der Waals surface area (Å²) in [6.45, 7) is 3.28. The first-order valence-electron chi connectivity index (χ1n) is 7.45. The second-order valence-electron chi connectivity index (χ2n) is 5.73. The summed E-state index contributed by atoms with van der Waals surface area (Å²) >= 11 is 3.39. The summed E-state index contributed by atoms with van der Waals surface area (Å²) in [6, 6.07) is 0.474. The van der Waals surface area contributed by atoms with E-state index in [1.165, 1.54) is 23.9 Å². The van der Waals surface area contributed by atoms with Crippen LogP contribution in [0, 0.1) is 0 Å². The van der Waals surface area contributed by atoms with Gasteiger partial charge in [0.15, 0.2) is 0 Å². The van der Waals surface area contributed by atoms with Crippen LogP contribution in [0.4, 0.5) is 5.69 Å². The molecule has 0 aliphatic carbocycles. The van der Waals surface area contributed by atoms with E-state index in [0.717, 1.165) is 25.3 Å². The van der Waals surface area contributed by atoms with E-state index in [1.807, 2.05) is 19.0 Å². The molecule has 2 N–H and O–H groups in total. The van der Waals surface area contributed by atoms with E-state index < -0.39 is 0 Å². The van der Waals surface area contributed by atoms with E-state index in [0.29, 0.717) is 17.1 Å². The Bertz CT molecular complexity index is 511. The molecule has 1 aliphatic rings. The van der Waals surface area contributed by atoms with Crippen LogP contribution in [0.25, 0.3) is 0 Å². The molecule has 0 bridgehead atoms. The number of halogens is 1. The average molecular weight is 358 g/mol. The normalized spacial score (nSPS) is 19.0. The van der Waals surface area contributed by atoms with Crippen molar-refractivity contribution < 1.29 is 0 Å². The number of hydrogen-bond donors (Lipinski definition) is 2. The number of nitrogens with one attached hydrogen (secondary N) is 2. The van der Waals surface area contributed by atoms with E-state index >= 15 is 0 Å². The molecule has 7 heteroatoms. The van der Waals surface area contributed by atoms with Crippen molar-refractivity contribution in [2.24, 2.45) is 0 Å². The van der Waals surface area contributed by atoms with Crippen LogP contribution in [0.15, 0.2) is 15.5 Å². The Hall–Kier alpha value is -0.920. The van der Waals surface area contributed by atoms with E-state index in [2.05, 4.69) is 31.7 Å². The molecule has 1 fully saturated rings. The monoisotopic (exact) mass is 357 g/mol. The summed E-state index contributed by atoms with van der Waals surface area (Å²) in [6.07, 6.45) is 5.43. The molecular formula is C14H24BrN5O. The minimum absolute atomic E-state index is 0.0848. The Labute approximate surface area is 134 Å². The molecule has 1 aliphatic heterocycles. The second-order valence-corrected chi connectivity index (χ2v) is 6.52. The van der Waals surface area contributed by atoms with Gasteiger partial charge in [-0.1, -0.05) is 6.42 Å². The summed E-state index contributed by atoms with van der Waals surface area (Å²) in [5.41, 5.74) is 0.687. The van der Waals surface area contributed by atoms with Gasteiger partial charge in [0.1, 0.15) is 4.47 Å². The Kier molecular flexibility index (Phi) is 6.20. The molecule has 0 radical (unpaired) electrons.